The lowest BCUT2D eigenvalue weighted by atomic mass is 9.89. The van der Waals surface area contributed by atoms with E-state index in [0.29, 0.717) is 47.5 Å². The molecule has 4 rings (SSSR count). The van der Waals surface area contributed by atoms with Gasteiger partial charge in [0.1, 0.15) is 6.04 Å². The quantitative estimate of drug-likeness (QED) is 0.539. The summed E-state index contributed by atoms with van der Waals surface area (Å²) in [6, 6.07) is 10.4. The summed E-state index contributed by atoms with van der Waals surface area (Å²) in [4.78, 5) is 29.8. The maximum absolute atomic E-state index is 13.3. The summed E-state index contributed by atoms with van der Waals surface area (Å²) < 4.78 is 5.50. The number of nitrogens with one attached hydrogen (secondary N) is 1. The van der Waals surface area contributed by atoms with Crippen LogP contribution in [-0.4, -0.2) is 33.2 Å². The van der Waals surface area contributed by atoms with E-state index in [2.05, 4.69) is 36.2 Å². The van der Waals surface area contributed by atoms with Crippen molar-refractivity contribution in [3.05, 3.63) is 58.9 Å². The van der Waals surface area contributed by atoms with Crippen molar-refractivity contribution in [3.63, 3.8) is 0 Å². The number of aromatic nitrogens is 2. The number of aryl methyl sites for hydroxylation is 1. The van der Waals surface area contributed by atoms with Gasteiger partial charge in [-0.15, -0.1) is 0 Å². The fraction of sp³-hybridized carbons (Fsp3) is 0.440. The minimum Gasteiger partial charge on any atom is -0.480 e. The Labute approximate surface area is 187 Å². The highest BCUT2D eigenvalue weighted by molar-refractivity contribution is 6.07. The SMILES string of the molecule is CC(C)(C)Cc1noc2nc(C3CC3)cc(C(=O)NC(CCc3ccccc3)C(=O)O)c12. The van der Waals surface area contributed by atoms with Crippen LogP contribution in [0.25, 0.3) is 11.1 Å². The van der Waals surface area contributed by atoms with E-state index in [4.69, 9.17) is 4.52 Å². The van der Waals surface area contributed by atoms with E-state index in [1.807, 2.05) is 30.3 Å². The zero-order chi connectivity index (χ0) is 22.9. The topological polar surface area (TPSA) is 105 Å². The van der Waals surface area contributed by atoms with Crippen molar-refractivity contribution in [2.24, 2.45) is 5.41 Å². The van der Waals surface area contributed by atoms with Crippen molar-refractivity contribution < 1.29 is 19.2 Å². The number of carbonyl (C=O) groups is 2. The van der Waals surface area contributed by atoms with Gasteiger partial charge in [-0.1, -0.05) is 56.3 Å². The molecular formula is C25H29N3O4. The van der Waals surface area contributed by atoms with Crippen LogP contribution in [-0.2, 0) is 17.6 Å². The number of rotatable bonds is 8. The van der Waals surface area contributed by atoms with Crippen molar-refractivity contribution in [2.75, 3.05) is 0 Å². The van der Waals surface area contributed by atoms with E-state index >= 15 is 0 Å². The maximum atomic E-state index is 13.3. The second kappa shape index (κ2) is 8.73. The average molecular weight is 436 g/mol. The number of hydrogen-bond donors (Lipinski definition) is 2. The van der Waals surface area contributed by atoms with Crippen LogP contribution in [0.4, 0.5) is 0 Å². The third kappa shape index (κ3) is 5.15. The van der Waals surface area contributed by atoms with E-state index in [1.165, 1.54) is 0 Å². The third-order valence-electron chi connectivity index (χ3n) is 5.64. The highest BCUT2D eigenvalue weighted by atomic mass is 16.5. The highest BCUT2D eigenvalue weighted by Gasteiger charge is 2.31. The highest BCUT2D eigenvalue weighted by Crippen LogP contribution is 2.41. The smallest absolute Gasteiger partial charge is 0.326 e. The van der Waals surface area contributed by atoms with Gasteiger partial charge >= 0.3 is 5.97 Å². The molecule has 0 bridgehead atoms. The van der Waals surface area contributed by atoms with E-state index in [9.17, 15) is 14.7 Å². The number of hydrogen-bond acceptors (Lipinski definition) is 5. The van der Waals surface area contributed by atoms with Crippen LogP contribution in [0.3, 0.4) is 0 Å². The summed E-state index contributed by atoms with van der Waals surface area (Å²) in [5.74, 6) is -1.17. The molecule has 32 heavy (non-hydrogen) atoms. The Morgan fingerprint density at radius 2 is 1.94 bits per heavy atom. The molecule has 0 spiro atoms. The molecule has 0 radical (unpaired) electrons. The number of carboxylic acids is 1. The summed E-state index contributed by atoms with van der Waals surface area (Å²) in [6.45, 7) is 6.26. The Morgan fingerprint density at radius 3 is 2.56 bits per heavy atom. The average Bonchev–Trinajstić information content (AvgIpc) is 3.52. The van der Waals surface area contributed by atoms with Crippen molar-refractivity contribution in [2.45, 2.75) is 64.8 Å². The number of benzene rings is 1. The minimum atomic E-state index is -1.05. The summed E-state index contributed by atoms with van der Waals surface area (Å²) in [6.07, 6.45) is 3.52. The van der Waals surface area contributed by atoms with Gasteiger partial charge in [0.2, 0.25) is 0 Å². The zero-order valence-corrected chi connectivity index (χ0v) is 18.7. The summed E-state index contributed by atoms with van der Waals surface area (Å²) in [5.41, 5.74) is 3.17. The van der Waals surface area contributed by atoms with Crippen LogP contribution < -0.4 is 5.32 Å². The molecule has 1 aliphatic carbocycles. The number of carboxylic acid groups (broad SMARTS) is 1. The van der Waals surface area contributed by atoms with Gasteiger partial charge in [0.05, 0.1) is 16.6 Å². The van der Waals surface area contributed by atoms with Crippen molar-refractivity contribution >= 4 is 23.0 Å². The van der Waals surface area contributed by atoms with Gasteiger partial charge in [-0.25, -0.2) is 9.78 Å². The first-order chi connectivity index (χ1) is 15.2. The van der Waals surface area contributed by atoms with Gasteiger partial charge < -0.3 is 14.9 Å². The van der Waals surface area contributed by atoms with Gasteiger partial charge in [-0.3, -0.25) is 4.79 Å². The lowest BCUT2D eigenvalue weighted by Crippen LogP contribution is -2.41. The number of nitrogens with zero attached hydrogens (tertiary/aromatic N) is 2. The Balaban J connectivity index is 1.63. The molecule has 1 fully saturated rings. The Morgan fingerprint density at radius 1 is 1.22 bits per heavy atom. The Kier molecular flexibility index (Phi) is 6.00. The number of aliphatic carboxylic acids is 1. The van der Waals surface area contributed by atoms with Crippen LogP contribution in [0.2, 0.25) is 0 Å². The predicted octanol–water partition coefficient (Wildman–Crippen LogP) is 4.50. The van der Waals surface area contributed by atoms with Crippen LogP contribution in [0.1, 0.15) is 73.3 Å². The third-order valence-corrected chi connectivity index (χ3v) is 5.64. The summed E-state index contributed by atoms with van der Waals surface area (Å²) >= 11 is 0. The van der Waals surface area contributed by atoms with Crippen molar-refractivity contribution in [1.82, 2.24) is 15.5 Å². The molecule has 3 aromatic rings. The molecule has 0 aliphatic heterocycles. The second-order valence-corrected chi connectivity index (χ2v) is 9.80. The number of pyridine rings is 1. The number of carbonyl (C=O) groups excluding carboxylic acids is 1. The molecular weight excluding hydrogens is 406 g/mol. The fourth-order valence-corrected chi connectivity index (χ4v) is 3.87. The standard InChI is InChI=1S/C25H29N3O4/c1-25(2,3)14-20-21-17(13-19(16-10-11-16)27-23(21)32-28-20)22(29)26-18(24(30)31)12-9-15-7-5-4-6-8-15/h4-8,13,16,18H,9-12,14H2,1-3H3,(H,26,29)(H,30,31). The molecule has 7 heteroatoms. The molecule has 2 aromatic heterocycles. The first-order valence-corrected chi connectivity index (χ1v) is 11.1. The second-order valence-electron chi connectivity index (χ2n) is 9.80. The van der Waals surface area contributed by atoms with Gasteiger partial charge in [0.25, 0.3) is 11.6 Å². The lowest BCUT2D eigenvalue weighted by molar-refractivity contribution is -0.139. The molecule has 7 nitrogen and oxygen atoms in total. The fourth-order valence-electron chi connectivity index (χ4n) is 3.87. The Hall–Kier alpha value is -3.22. The van der Waals surface area contributed by atoms with Crippen molar-refractivity contribution in [3.8, 4) is 0 Å². The monoisotopic (exact) mass is 435 g/mol. The van der Waals surface area contributed by atoms with Gasteiger partial charge in [-0.05, 0) is 49.1 Å². The molecule has 1 amide bonds. The largest absolute Gasteiger partial charge is 0.480 e. The normalized spacial score (nSPS) is 15.0. The lowest BCUT2D eigenvalue weighted by Gasteiger charge is -2.17. The van der Waals surface area contributed by atoms with E-state index in [-0.39, 0.29) is 5.41 Å². The molecule has 2 N–H and O–H groups in total. The van der Waals surface area contributed by atoms with Crippen LogP contribution in [0, 0.1) is 5.41 Å². The maximum Gasteiger partial charge on any atom is 0.326 e. The summed E-state index contributed by atoms with van der Waals surface area (Å²) in [5, 5.41) is 17.2. The van der Waals surface area contributed by atoms with E-state index < -0.39 is 17.9 Å². The van der Waals surface area contributed by atoms with Crippen molar-refractivity contribution in [1.29, 1.82) is 0 Å². The molecule has 1 saturated carbocycles. The first kappa shape index (κ1) is 22.0. The molecule has 2 heterocycles. The van der Waals surface area contributed by atoms with E-state index in [0.717, 1.165) is 24.1 Å². The predicted molar refractivity (Wildman–Crippen MR) is 121 cm³/mol. The van der Waals surface area contributed by atoms with Gasteiger partial charge in [0.15, 0.2) is 0 Å². The van der Waals surface area contributed by atoms with E-state index in [1.54, 1.807) is 6.07 Å². The molecule has 0 saturated heterocycles. The Bertz CT molecular complexity index is 1130. The van der Waals surface area contributed by atoms with Crippen LogP contribution >= 0.6 is 0 Å². The molecule has 1 unspecified atom stereocenters. The van der Waals surface area contributed by atoms with Gasteiger partial charge in [-0.2, -0.15) is 0 Å². The molecule has 1 atom stereocenters. The number of fused-ring (bicyclic) bond motifs is 1. The first-order valence-electron chi connectivity index (χ1n) is 11.1. The number of amides is 1. The van der Waals surface area contributed by atoms with Gasteiger partial charge in [0, 0.05) is 11.6 Å². The van der Waals surface area contributed by atoms with Crippen LogP contribution in [0.15, 0.2) is 40.9 Å². The van der Waals surface area contributed by atoms with Crippen LogP contribution in [0.5, 0.6) is 0 Å². The molecule has 168 valence electrons. The summed E-state index contributed by atoms with van der Waals surface area (Å²) in [7, 11) is 0. The zero-order valence-electron chi connectivity index (χ0n) is 18.7. The molecule has 1 aliphatic rings. The molecule has 1 aromatic carbocycles. The minimum absolute atomic E-state index is 0.0635.